The molecular weight excluding hydrogens is 356 g/mol. The Kier molecular flexibility index (Phi) is 5.33. The molecule has 1 amide bonds. The second-order valence-corrected chi connectivity index (χ2v) is 7.54. The van der Waals surface area contributed by atoms with Crippen LogP contribution in [0.1, 0.15) is 50.2 Å². The highest BCUT2D eigenvalue weighted by atomic mass is 35.5. The molecule has 1 aliphatic heterocycles. The zero-order valence-corrected chi connectivity index (χ0v) is 15.9. The van der Waals surface area contributed by atoms with E-state index >= 15 is 0 Å². The largest absolute Gasteiger partial charge is 0.312 e. The molecule has 2 aromatic carbocycles. The summed E-state index contributed by atoms with van der Waals surface area (Å²) in [5, 5.41) is 0.680. The van der Waals surface area contributed by atoms with Crippen molar-refractivity contribution >= 4 is 23.2 Å². The van der Waals surface area contributed by atoms with Crippen LogP contribution in [0, 0.1) is 17.6 Å². The van der Waals surface area contributed by atoms with E-state index in [1.165, 1.54) is 6.07 Å². The van der Waals surface area contributed by atoms with Crippen molar-refractivity contribution in [2.45, 2.75) is 39.0 Å². The van der Waals surface area contributed by atoms with Crippen LogP contribution >= 0.6 is 11.6 Å². The molecule has 0 aliphatic carbocycles. The summed E-state index contributed by atoms with van der Waals surface area (Å²) in [5.74, 6) is -2.08. The lowest BCUT2D eigenvalue weighted by Crippen LogP contribution is -2.26. The SMILES string of the molecule is CCC1CN(c2ccc(Cl)c(C(C)C)c2)C(=O)C1c1ccc(F)c(F)c1. The second kappa shape index (κ2) is 7.36. The van der Waals surface area contributed by atoms with Crippen molar-refractivity contribution in [2.24, 2.45) is 5.92 Å². The van der Waals surface area contributed by atoms with Crippen LogP contribution in [-0.4, -0.2) is 12.5 Å². The number of amides is 1. The quantitative estimate of drug-likeness (QED) is 0.649. The summed E-state index contributed by atoms with van der Waals surface area (Å²) in [5.41, 5.74) is 2.31. The number of hydrogen-bond acceptors (Lipinski definition) is 1. The summed E-state index contributed by atoms with van der Waals surface area (Å²) >= 11 is 6.27. The first-order valence-corrected chi connectivity index (χ1v) is 9.27. The summed E-state index contributed by atoms with van der Waals surface area (Å²) in [7, 11) is 0. The van der Waals surface area contributed by atoms with Crippen molar-refractivity contribution in [3.05, 3.63) is 64.2 Å². The monoisotopic (exact) mass is 377 g/mol. The maximum atomic E-state index is 13.7. The molecule has 0 radical (unpaired) electrons. The molecule has 2 atom stereocenters. The topological polar surface area (TPSA) is 20.3 Å². The van der Waals surface area contributed by atoms with Gasteiger partial charge in [-0.25, -0.2) is 8.78 Å². The van der Waals surface area contributed by atoms with E-state index in [-0.39, 0.29) is 17.7 Å². The molecule has 1 fully saturated rings. The van der Waals surface area contributed by atoms with Gasteiger partial charge in [-0.2, -0.15) is 0 Å². The summed E-state index contributed by atoms with van der Waals surface area (Å²) < 4.78 is 27.0. The van der Waals surface area contributed by atoms with Crippen LogP contribution in [0.4, 0.5) is 14.5 Å². The molecule has 26 heavy (non-hydrogen) atoms. The Morgan fingerprint density at radius 3 is 2.50 bits per heavy atom. The third kappa shape index (κ3) is 3.35. The van der Waals surface area contributed by atoms with Gasteiger partial charge in [-0.3, -0.25) is 4.79 Å². The Hall–Kier alpha value is -1.94. The molecule has 1 saturated heterocycles. The van der Waals surface area contributed by atoms with E-state index in [9.17, 15) is 13.6 Å². The van der Waals surface area contributed by atoms with E-state index < -0.39 is 17.6 Å². The zero-order valence-electron chi connectivity index (χ0n) is 15.1. The van der Waals surface area contributed by atoms with Gasteiger partial charge in [0.15, 0.2) is 11.6 Å². The normalized spacial score (nSPS) is 20.3. The third-order valence-electron chi connectivity index (χ3n) is 5.16. The Labute approximate surface area is 157 Å². The summed E-state index contributed by atoms with van der Waals surface area (Å²) in [4.78, 5) is 14.9. The molecule has 5 heteroatoms. The van der Waals surface area contributed by atoms with Gasteiger partial charge in [0, 0.05) is 17.3 Å². The molecule has 1 heterocycles. The van der Waals surface area contributed by atoms with Crippen LogP contribution in [-0.2, 0) is 4.79 Å². The van der Waals surface area contributed by atoms with Gasteiger partial charge >= 0.3 is 0 Å². The number of halogens is 3. The van der Waals surface area contributed by atoms with Crippen LogP contribution in [0.25, 0.3) is 0 Å². The van der Waals surface area contributed by atoms with Crippen LogP contribution in [0.5, 0.6) is 0 Å². The first-order chi connectivity index (χ1) is 12.3. The summed E-state index contributed by atoms with van der Waals surface area (Å²) in [6.45, 7) is 6.67. The minimum atomic E-state index is -0.919. The van der Waals surface area contributed by atoms with Gasteiger partial charge < -0.3 is 4.90 Å². The van der Waals surface area contributed by atoms with Gasteiger partial charge in [-0.05, 0) is 53.3 Å². The van der Waals surface area contributed by atoms with Crippen molar-refractivity contribution in [1.82, 2.24) is 0 Å². The third-order valence-corrected chi connectivity index (χ3v) is 5.51. The lowest BCUT2D eigenvalue weighted by atomic mass is 9.87. The number of carbonyl (C=O) groups is 1. The van der Waals surface area contributed by atoms with Gasteiger partial charge in [-0.1, -0.05) is 44.9 Å². The molecular formula is C21H22ClF2NO. The van der Waals surface area contributed by atoms with Gasteiger partial charge in [0.05, 0.1) is 5.92 Å². The molecule has 2 nitrogen and oxygen atoms in total. The number of nitrogens with zero attached hydrogens (tertiary/aromatic N) is 1. The smallest absolute Gasteiger partial charge is 0.234 e. The minimum absolute atomic E-state index is 0.0468. The predicted molar refractivity (Wildman–Crippen MR) is 101 cm³/mol. The first-order valence-electron chi connectivity index (χ1n) is 8.89. The van der Waals surface area contributed by atoms with E-state index in [4.69, 9.17) is 11.6 Å². The summed E-state index contributed by atoms with van der Waals surface area (Å²) in [6.07, 6.45) is 0.774. The fourth-order valence-corrected chi connectivity index (χ4v) is 3.99. The van der Waals surface area contributed by atoms with Crippen molar-refractivity contribution in [3.63, 3.8) is 0 Å². The fraction of sp³-hybridized carbons (Fsp3) is 0.381. The Bertz CT molecular complexity index is 837. The Morgan fingerprint density at radius 1 is 1.15 bits per heavy atom. The minimum Gasteiger partial charge on any atom is -0.312 e. The van der Waals surface area contributed by atoms with Crippen molar-refractivity contribution < 1.29 is 13.6 Å². The maximum Gasteiger partial charge on any atom is 0.234 e. The van der Waals surface area contributed by atoms with Crippen LogP contribution in [0.3, 0.4) is 0 Å². The number of rotatable bonds is 4. The number of hydrogen-bond donors (Lipinski definition) is 0. The second-order valence-electron chi connectivity index (χ2n) is 7.13. The molecule has 3 rings (SSSR count). The molecule has 2 aromatic rings. The van der Waals surface area contributed by atoms with E-state index in [1.54, 1.807) is 4.90 Å². The zero-order chi connectivity index (χ0) is 19.0. The first kappa shape index (κ1) is 18.8. The highest BCUT2D eigenvalue weighted by Gasteiger charge is 2.41. The highest BCUT2D eigenvalue weighted by molar-refractivity contribution is 6.31. The lowest BCUT2D eigenvalue weighted by Gasteiger charge is -2.19. The van der Waals surface area contributed by atoms with E-state index in [1.807, 2.05) is 25.1 Å². The van der Waals surface area contributed by atoms with Crippen molar-refractivity contribution in [2.75, 3.05) is 11.4 Å². The number of benzene rings is 2. The number of carbonyl (C=O) groups excluding carboxylic acids is 1. The highest BCUT2D eigenvalue weighted by Crippen LogP contribution is 2.40. The van der Waals surface area contributed by atoms with Gasteiger partial charge in [0.1, 0.15) is 0 Å². The van der Waals surface area contributed by atoms with Crippen molar-refractivity contribution in [1.29, 1.82) is 0 Å². The van der Waals surface area contributed by atoms with Crippen LogP contribution in [0.15, 0.2) is 36.4 Å². The average molecular weight is 378 g/mol. The average Bonchev–Trinajstić information content (AvgIpc) is 2.94. The van der Waals surface area contributed by atoms with Crippen molar-refractivity contribution in [3.8, 4) is 0 Å². The molecule has 0 bridgehead atoms. The molecule has 0 aromatic heterocycles. The van der Waals surface area contributed by atoms with Crippen LogP contribution in [0.2, 0.25) is 5.02 Å². The molecule has 138 valence electrons. The molecule has 0 saturated carbocycles. The van der Waals surface area contributed by atoms with Gasteiger partial charge in [0.2, 0.25) is 5.91 Å². The van der Waals surface area contributed by atoms with E-state index in [0.29, 0.717) is 17.1 Å². The lowest BCUT2D eigenvalue weighted by molar-refractivity contribution is -0.118. The van der Waals surface area contributed by atoms with Gasteiger partial charge in [-0.15, -0.1) is 0 Å². The Morgan fingerprint density at radius 2 is 1.88 bits per heavy atom. The maximum absolute atomic E-state index is 13.7. The standard InChI is InChI=1S/C21H22ClF2NO/c1-4-13-11-25(15-6-7-17(22)16(10-15)12(2)3)21(26)20(13)14-5-8-18(23)19(24)9-14/h5-10,12-13,20H,4,11H2,1-3H3. The fourth-order valence-electron chi connectivity index (χ4n) is 3.66. The number of anilines is 1. The van der Waals surface area contributed by atoms with E-state index in [2.05, 4.69) is 13.8 Å². The molecule has 0 N–H and O–H groups in total. The van der Waals surface area contributed by atoms with Crippen LogP contribution < -0.4 is 4.90 Å². The Balaban J connectivity index is 1.98. The molecule has 1 aliphatic rings. The van der Waals surface area contributed by atoms with E-state index in [0.717, 1.165) is 29.8 Å². The molecule has 0 spiro atoms. The summed E-state index contributed by atoms with van der Waals surface area (Å²) in [6, 6.07) is 9.34. The molecule has 2 unspecified atom stereocenters. The predicted octanol–water partition coefficient (Wildman–Crippen LogP) is 5.90. The van der Waals surface area contributed by atoms with Gasteiger partial charge in [0.25, 0.3) is 0 Å².